The highest BCUT2D eigenvalue weighted by atomic mass is 16.5. The molecule has 3 rings (SSSR count). The Labute approximate surface area is 156 Å². The first-order valence-electron chi connectivity index (χ1n) is 8.70. The van der Waals surface area contributed by atoms with Crippen molar-refractivity contribution in [2.45, 2.75) is 19.5 Å². The molecule has 2 amide bonds. The number of methoxy groups -OCH3 is 1. The lowest BCUT2D eigenvalue weighted by molar-refractivity contribution is -0.121. The van der Waals surface area contributed by atoms with Crippen LogP contribution in [-0.2, 0) is 22.6 Å². The van der Waals surface area contributed by atoms with Gasteiger partial charge in [0.2, 0.25) is 5.91 Å². The zero-order chi connectivity index (χ0) is 19.1. The number of benzene rings is 1. The van der Waals surface area contributed by atoms with Gasteiger partial charge < -0.3 is 24.4 Å². The molecule has 0 spiro atoms. The molecule has 0 aliphatic rings. The van der Waals surface area contributed by atoms with Gasteiger partial charge in [0.15, 0.2) is 5.76 Å². The molecule has 0 saturated heterocycles. The molecular formula is C19H22N4O4. The molecule has 0 aliphatic heterocycles. The molecule has 2 heterocycles. The number of nitrogens with zero attached hydrogens (tertiary/aromatic N) is 2. The zero-order valence-electron chi connectivity index (χ0n) is 15.1. The van der Waals surface area contributed by atoms with Gasteiger partial charge >= 0.3 is 0 Å². The van der Waals surface area contributed by atoms with Gasteiger partial charge in [0, 0.05) is 20.3 Å². The van der Waals surface area contributed by atoms with E-state index in [1.54, 1.807) is 19.2 Å². The van der Waals surface area contributed by atoms with Crippen molar-refractivity contribution >= 4 is 22.8 Å². The minimum Gasteiger partial charge on any atom is -0.459 e. The van der Waals surface area contributed by atoms with Gasteiger partial charge in [0.1, 0.15) is 12.4 Å². The van der Waals surface area contributed by atoms with Crippen LogP contribution in [0.5, 0.6) is 0 Å². The highest BCUT2D eigenvalue weighted by Crippen LogP contribution is 2.16. The van der Waals surface area contributed by atoms with Crippen LogP contribution in [0.2, 0.25) is 0 Å². The Morgan fingerprint density at radius 3 is 2.81 bits per heavy atom. The summed E-state index contributed by atoms with van der Waals surface area (Å²) >= 11 is 0. The highest BCUT2D eigenvalue weighted by molar-refractivity contribution is 5.91. The number of aromatic nitrogens is 2. The topological polar surface area (TPSA) is 98.4 Å². The molecule has 1 aromatic carbocycles. The molecule has 2 N–H and O–H groups in total. The fourth-order valence-electron chi connectivity index (χ4n) is 2.73. The second kappa shape index (κ2) is 9.00. The molecule has 0 saturated carbocycles. The van der Waals surface area contributed by atoms with Crippen molar-refractivity contribution in [3.05, 3.63) is 54.2 Å². The fourth-order valence-corrected chi connectivity index (χ4v) is 2.73. The van der Waals surface area contributed by atoms with Crippen LogP contribution in [0, 0.1) is 0 Å². The van der Waals surface area contributed by atoms with Crippen LogP contribution in [0.1, 0.15) is 22.8 Å². The molecule has 2 aromatic heterocycles. The summed E-state index contributed by atoms with van der Waals surface area (Å²) in [5.74, 6) is 0.382. The number of carbonyl (C=O) groups excluding carboxylic acids is 2. The average molecular weight is 370 g/mol. The number of rotatable bonds is 9. The second-order valence-corrected chi connectivity index (χ2v) is 5.96. The molecule has 8 nitrogen and oxygen atoms in total. The monoisotopic (exact) mass is 370 g/mol. The molecule has 8 heteroatoms. The minimum atomic E-state index is -0.331. The smallest absolute Gasteiger partial charge is 0.287 e. The summed E-state index contributed by atoms with van der Waals surface area (Å²) in [6, 6.07) is 10.8. The standard InChI is InChI=1S/C19H22N4O4/c1-26-10-5-9-20-18(24)13-23-15-7-3-2-6-14(15)22-17(23)12-21-19(25)16-8-4-11-27-16/h2-4,6-8,11H,5,9-10,12-13H2,1H3,(H,20,24)(H,21,25). The van der Waals surface area contributed by atoms with E-state index in [0.29, 0.717) is 19.0 Å². The van der Waals surface area contributed by atoms with Crippen molar-refractivity contribution in [1.82, 2.24) is 20.2 Å². The van der Waals surface area contributed by atoms with Gasteiger partial charge in [-0.2, -0.15) is 0 Å². The maximum Gasteiger partial charge on any atom is 0.287 e. The molecule has 27 heavy (non-hydrogen) atoms. The van der Waals surface area contributed by atoms with E-state index in [0.717, 1.165) is 17.5 Å². The van der Waals surface area contributed by atoms with E-state index in [1.165, 1.54) is 6.26 Å². The van der Waals surface area contributed by atoms with Crippen molar-refractivity contribution in [3.8, 4) is 0 Å². The van der Waals surface area contributed by atoms with Gasteiger partial charge in [-0.3, -0.25) is 9.59 Å². The van der Waals surface area contributed by atoms with E-state index < -0.39 is 0 Å². The van der Waals surface area contributed by atoms with Crippen LogP contribution >= 0.6 is 0 Å². The van der Waals surface area contributed by atoms with Gasteiger partial charge in [-0.25, -0.2) is 4.98 Å². The number of hydrogen-bond donors (Lipinski definition) is 2. The number of furan rings is 1. The van der Waals surface area contributed by atoms with E-state index in [-0.39, 0.29) is 30.7 Å². The van der Waals surface area contributed by atoms with Gasteiger partial charge in [-0.15, -0.1) is 0 Å². The van der Waals surface area contributed by atoms with Crippen LogP contribution in [-0.4, -0.2) is 41.6 Å². The van der Waals surface area contributed by atoms with E-state index in [2.05, 4.69) is 15.6 Å². The Kier molecular flexibility index (Phi) is 6.22. The third-order valence-electron chi connectivity index (χ3n) is 4.03. The average Bonchev–Trinajstić information content (AvgIpc) is 3.32. The van der Waals surface area contributed by atoms with Crippen LogP contribution in [0.25, 0.3) is 11.0 Å². The fraction of sp³-hybridized carbons (Fsp3) is 0.316. The molecule has 0 aliphatic carbocycles. The second-order valence-electron chi connectivity index (χ2n) is 5.96. The predicted octanol–water partition coefficient (Wildman–Crippen LogP) is 1.71. The molecule has 0 fully saturated rings. The summed E-state index contributed by atoms with van der Waals surface area (Å²) in [4.78, 5) is 28.9. The van der Waals surface area contributed by atoms with E-state index in [4.69, 9.17) is 9.15 Å². The van der Waals surface area contributed by atoms with Crippen LogP contribution in [0.4, 0.5) is 0 Å². The Bertz CT molecular complexity index is 902. The Hall–Kier alpha value is -3.13. The first-order valence-corrected chi connectivity index (χ1v) is 8.70. The largest absolute Gasteiger partial charge is 0.459 e. The summed E-state index contributed by atoms with van der Waals surface area (Å²) in [5.41, 5.74) is 1.61. The number of hydrogen-bond acceptors (Lipinski definition) is 5. The number of imidazole rings is 1. The Morgan fingerprint density at radius 2 is 2.04 bits per heavy atom. The number of fused-ring (bicyclic) bond motifs is 1. The van der Waals surface area contributed by atoms with E-state index >= 15 is 0 Å². The minimum absolute atomic E-state index is 0.118. The first kappa shape index (κ1) is 18.7. The number of ether oxygens (including phenoxy) is 1. The van der Waals surface area contributed by atoms with E-state index in [9.17, 15) is 9.59 Å². The third-order valence-corrected chi connectivity index (χ3v) is 4.03. The maximum absolute atomic E-state index is 12.3. The van der Waals surface area contributed by atoms with Gasteiger partial charge in [-0.1, -0.05) is 12.1 Å². The first-order chi connectivity index (χ1) is 13.2. The Morgan fingerprint density at radius 1 is 1.19 bits per heavy atom. The van der Waals surface area contributed by atoms with E-state index in [1.807, 2.05) is 28.8 Å². The number of amides is 2. The predicted molar refractivity (Wildman–Crippen MR) is 99.1 cm³/mol. The number of para-hydroxylation sites is 2. The summed E-state index contributed by atoms with van der Waals surface area (Å²) in [6.07, 6.45) is 2.19. The van der Waals surface area contributed by atoms with Crippen LogP contribution in [0.3, 0.4) is 0 Å². The summed E-state index contributed by atoms with van der Waals surface area (Å²) in [6.45, 7) is 1.45. The quantitative estimate of drug-likeness (QED) is 0.559. The summed E-state index contributed by atoms with van der Waals surface area (Å²) in [5, 5.41) is 5.64. The number of nitrogens with one attached hydrogen (secondary N) is 2. The highest BCUT2D eigenvalue weighted by Gasteiger charge is 2.15. The molecule has 142 valence electrons. The third kappa shape index (κ3) is 4.73. The maximum atomic E-state index is 12.3. The van der Waals surface area contributed by atoms with Gasteiger partial charge in [-0.05, 0) is 30.7 Å². The van der Waals surface area contributed by atoms with Gasteiger partial charge in [0.25, 0.3) is 5.91 Å². The molecular weight excluding hydrogens is 348 g/mol. The van der Waals surface area contributed by atoms with Crippen molar-refractivity contribution in [3.63, 3.8) is 0 Å². The van der Waals surface area contributed by atoms with Crippen LogP contribution < -0.4 is 10.6 Å². The zero-order valence-corrected chi connectivity index (χ0v) is 15.1. The van der Waals surface area contributed by atoms with Gasteiger partial charge in [0.05, 0.1) is 23.8 Å². The molecule has 0 unspecified atom stereocenters. The van der Waals surface area contributed by atoms with Crippen molar-refractivity contribution < 1.29 is 18.7 Å². The van der Waals surface area contributed by atoms with Crippen molar-refractivity contribution in [2.24, 2.45) is 0 Å². The lowest BCUT2D eigenvalue weighted by Gasteiger charge is -2.10. The molecule has 3 aromatic rings. The van der Waals surface area contributed by atoms with Crippen molar-refractivity contribution in [1.29, 1.82) is 0 Å². The number of carbonyl (C=O) groups is 2. The summed E-state index contributed by atoms with van der Waals surface area (Å²) < 4.78 is 11.9. The lowest BCUT2D eigenvalue weighted by atomic mass is 10.3. The normalized spacial score (nSPS) is 10.9. The molecule has 0 radical (unpaired) electrons. The summed E-state index contributed by atoms with van der Waals surface area (Å²) in [7, 11) is 1.63. The van der Waals surface area contributed by atoms with Crippen molar-refractivity contribution in [2.75, 3.05) is 20.3 Å². The van der Waals surface area contributed by atoms with Crippen LogP contribution in [0.15, 0.2) is 47.1 Å². The molecule has 0 bridgehead atoms. The Balaban J connectivity index is 1.71. The molecule has 0 atom stereocenters. The SMILES string of the molecule is COCCCNC(=O)Cn1c(CNC(=O)c2ccco2)nc2ccccc21. The lowest BCUT2D eigenvalue weighted by Crippen LogP contribution is -2.30.